The largest absolute Gasteiger partial charge is 0.482 e. The maximum atomic E-state index is 13.2. The molecule has 1 amide bonds. The average molecular weight is 607 g/mol. The number of nitro groups is 1. The van der Waals surface area contributed by atoms with Crippen LogP contribution in [0, 0.1) is 10.1 Å². The number of amides is 1. The summed E-state index contributed by atoms with van der Waals surface area (Å²) in [4.78, 5) is 39.0. The van der Waals surface area contributed by atoms with E-state index in [1.54, 1.807) is 30.3 Å². The fraction of sp³-hybridized carbons (Fsp3) is 0.107. The van der Waals surface area contributed by atoms with E-state index in [-0.39, 0.29) is 15.7 Å². The minimum atomic E-state index is -3.82. The lowest BCUT2D eigenvalue weighted by Gasteiger charge is -2.20. The maximum absolute atomic E-state index is 13.2. The van der Waals surface area contributed by atoms with E-state index in [1.165, 1.54) is 37.4 Å². The van der Waals surface area contributed by atoms with E-state index in [4.69, 9.17) is 9.47 Å². The first-order valence-corrected chi connectivity index (χ1v) is 14.6. The van der Waals surface area contributed by atoms with E-state index >= 15 is 0 Å². The molecule has 5 aromatic rings. The monoisotopic (exact) mass is 606 g/mol. The molecule has 0 atom stereocenters. The zero-order chi connectivity index (χ0) is 29.9. The Balaban J connectivity index is 1.11. The van der Waals surface area contributed by atoms with Gasteiger partial charge in [0.05, 0.1) is 25.7 Å². The van der Waals surface area contributed by atoms with E-state index in [9.17, 15) is 28.1 Å². The van der Waals surface area contributed by atoms with Crippen molar-refractivity contribution >= 4 is 70.7 Å². The number of rotatable bonds is 10. The van der Waals surface area contributed by atoms with Crippen molar-refractivity contribution < 1.29 is 32.4 Å². The van der Waals surface area contributed by atoms with Crippen LogP contribution in [0.1, 0.15) is 0 Å². The number of nitrogens with one attached hydrogen (secondary N) is 1. The van der Waals surface area contributed by atoms with Gasteiger partial charge in [0, 0.05) is 19.2 Å². The van der Waals surface area contributed by atoms with Crippen LogP contribution in [0.2, 0.25) is 0 Å². The molecule has 0 bridgehead atoms. The van der Waals surface area contributed by atoms with Crippen LogP contribution in [0.5, 0.6) is 5.75 Å². The molecule has 0 aliphatic rings. The zero-order valence-corrected chi connectivity index (χ0v) is 23.6. The van der Waals surface area contributed by atoms with Crippen LogP contribution >= 0.6 is 11.3 Å². The maximum Gasteiger partial charge on any atom is 0.344 e. The number of thiazole rings is 1. The molecule has 1 heterocycles. The average Bonchev–Trinajstić information content (AvgIpc) is 3.40. The van der Waals surface area contributed by atoms with E-state index in [2.05, 4.69) is 10.3 Å². The van der Waals surface area contributed by atoms with Gasteiger partial charge >= 0.3 is 5.97 Å². The van der Waals surface area contributed by atoms with Gasteiger partial charge in [-0.25, -0.2) is 18.2 Å². The number of anilines is 2. The Morgan fingerprint density at radius 2 is 1.71 bits per heavy atom. The van der Waals surface area contributed by atoms with E-state index in [0.717, 1.165) is 26.4 Å². The number of sulfonamides is 1. The molecule has 4 aromatic carbocycles. The highest BCUT2D eigenvalue weighted by Crippen LogP contribution is 2.29. The van der Waals surface area contributed by atoms with Crippen molar-refractivity contribution in [3.8, 4) is 5.75 Å². The second-order valence-electron chi connectivity index (χ2n) is 8.90. The van der Waals surface area contributed by atoms with E-state index < -0.39 is 40.0 Å². The summed E-state index contributed by atoms with van der Waals surface area (Å²) in [7, 11) is -2.38. The summed E-state index contributed by atoms with van der Waals surface area (Å²) < 4.78 is 38.4. The summed E-state index contributed by atoms with van der Waals surface area (Å²) in [5.74, 6) is -1.15. The van der Waals surface area contributed by atoms with Gasteiger partial charge in [0.2, 0.25) is 0 Å². The van der Waals surface area contributed by atoms with Gasteiger partial charge < -0.3 is 9.47 Å². The van der Waals surface area contributed by atoms with Crippen molar-refractivity contribution in [3.05, 3.63) is 95.0 Å². The standard InChI is InChI=1S/C28H22N4O8S2/c1-31(42(37,38)23-12-6-18-4-2-3-5-19(18)14-23)20-7-10-22(11-8-20)39-17-27(34)40-16-26(33)30-28-29-24-13-9-21(32(35)36)15-25(24)41-28/h2-15H,16-17H2,1H3,(H,29,30,33). The van der Waals surface area contributed by atoms with Crippen molar-refractivity contribution in [2.24, 2.45) is 0 Å². The minimum absolute atomic E-state index is 0.0920. The summed E-state index contributed by atoms with van der Waals surface area (Å²) >= 11 is 1.05. The van der Waals surface area contributed by atoms with Gasteiger partial charge in [-0.3, -0.25) is 24.5 Å². The molecule has 14 heteroatoms. The van der Waals surface area contributed by atoms with Gasteiger partial charge in [-0.15, -0.1) is 0 Å². The number of carbonyl (C=O) groups excluding carboxylic acids is 2. The second kappa shape index (κ2) is 11.8. The lowest BCUT2D eigenvalue weighted by atomic mass is 10.1. The lowest BCUT2D eigenvalue weighted by molar-refractivity contribution is -0.384. The Hall–Kier alpha value is -5.08. The van der Waals surface area contributed by atoms with Gasteiger partial charge in [0.1, 0.15) is 5.75 Å². The van der Waals surface area contributed by atoms with E-state index in [1.807, 2.05) is 24.3 Å². The van der Waals surface area contributed by atoms with Crippen LogP contribution in [0.15, 0.2) is 89.8 Å². The summed E-state index contributed by atoms with van der Waals surface area (Å²) in [6, 6.07) is 22.7. The smallest absolute Gasteiger partial charge is 0.344 e. The molecular weight excluding hydrogens is 584 g/mol. The van der Waals surface area contributed by atoms with Crippen molar-refractivity contribution in [2.45, 2.75) is 4.90 Å². The number of nitro benzene ring substituents is 1. The van der Waals surface area contributed by atoms with Gasteiger partial charge in [0.15, 0.2) is 18.3 Å². The van der Waals surface area contributed by atoms with Gasteiger partial charge in [-0.1, -0.05) is 41.7 Å². The van der Waals surface area contributed by atoms with Crippen LogP contribution in [0.25, 0.3) is 21.0 Å². The summed E-state index contributed by atoms with van der Waals surface area (Å²) in [5, 5.41) is 15.4. The molecule has 1 N–H and O–H groups in total. The third-order valence-electron chi connectivity index (χ3n) is 6.13. The number of fused-ring (bicyclic) bond motifs is 2. The molecule has 5 rings (SSSR count). The first kappa shape index (κ1) is 28.4. The highest BCUT2D eigenvalue weighted by atomic mass is 32.2. The number of aromatic nitrogens is 1. The zero-order valence-electron chi connectivity index (χ0n) is 21.9. The highest BCUT2D eigenvalue weighted by Gasteiger charge is 2.22. The highest BCUT2D eigenvalue weighted by molar-refractivity contribution is 7.92. The van der Waals surface area contributed by atoms with Crippen molar-refractivity contribution in [1.29, 1.82) is 0 Å². The van der Waals surface area contributed by atoms with Crippen LogP contribution in [0.3, 0.4) is 0 Å². The Labute approximate surface area is 243 Å². The fourth-order valence-corrected chi connectivity index (χ4v) is 6.09. The van der Waals surface area contributed by atoms with Crippen LogP contribution in [-0.2, 0) is 24.3 Å². The molecule has 1 aromatic heterocycles. The molecule has 0 saturated heterocycles. The molecule has 214 valence electrons. The van der Waals surface area contributed by atoms with Crippen LogP contribution in [-0.4, -0.2) is 50.5 Å². The normalized spacial score (nSPS) is 11.3. The number of non-ortho nitro benzene ring substituents is 1. The van der Waals surface area contributed by atoms with Gasteiger partial charge in [0.25, 0.3) is 21.6 Å². The number of carbonyl (C=O) groups is 2. The number of benzene rings is 4. The second-order valence-corrected chi connectivity index (χ2v) is 11.9. The molecule has 0 unspecified atom stereocenters. The van der Waals surface area contributed by atoms with Crippen molar-refractivity contribution in [3.63, 3.8) is 0 Å². The molecule has 0 spiro atoms. The molecule has 42 heavy (non-hydrogen) atoms. The van der Waals surface area contributed by atoms with Crippen LogP contribution in [0.4, 0.5) is 16.5 Å². The first-order valence-electron chi connectivity index (χ1n) is 12.3. The molecule has 0 aliphatic carbocycles. The topological polar surface area (TPSA) is 158 Å². The lowest BCUT2D eigenvalue weighted by Crippen LogP contribution is -2.26. The Kier molecular flexibility index (Phi) is 7.99. The molecule has 0 aliphatic heterocycles. The summed E-state index contributed by atoms with van der Waals surface area (Å²) in [6.07, 6.45) is 0. The molecule has 0 radical (unpaired) electrons. The van der Waals surface area contributed by atoms with Gasteiger partial charge in [-0.05, 0) is 53.2 Å². The molecular formula is C28H22N4O8S2. The van der Waals surface area contributed by atoms with E-state index in [0.29, 0.717) is 21.7 Å². The third kappa shape index (κ3) is 6.29. The van der Waals surface area contributed by atoms with Crippen molar-refractivity contribution in [2.75, 3.05) is 29.9 Å². The predicted molar refractivity (Wildman–Crippen MR) is 157 cm³/mol. The number of hydrogen-bond donors (Lipinski definition) is 1. The van der Waals surface area contributed by atoms with Crippen LogP contribution < -0.4 is 14.4 Å². The number of ether oxygens (including phenoxy) is 2. The molecule has 0 fully saturated rings. The Morgan fingerprint density at radius 3 is 2.45 bits per heavy atom. The molecule has 0 saturated carbocycles. The predicted octanol–water partition coefficient (Wildman–Crippen LogP) is 4.74. The van der Waals surface area contributed by atoms with Crippen molar-refractivity contribution in [1.82, 2.24) is 4.98 Å². The minimum Gasteiger partial charge on any atom is -0.482 e. The third-order valence-corrected chi connectivity index (χ3v) is 8.84. The Bertz CT molecular complexity index is 1920. The summed E-state index contributed by atoms with van der Waals surface area (Å²) in [6.45, 7) is -1.07. The number of hydrogen-bond acceptors (Lipinski definition) is 10. The fourth-order valence-electron chi connectivity index (χ4n) is 3.94. The quantitative estimate of drug-likeness (QED) is 0.135. The number of nitrogens with zero attached hydrogens (tertiary/aromatic N) is 3. The summed E-state index contributed by atoms with van der Waals surface area (Å²) in [5.41, 5.74) is 0.777. The number of esters is 1. The SMILES string of the molecule is CN(c1ccc(OCC(=O)OCC(=O)Nc2nc3ccc([N+](=O)[O-])cc3s2)cc1)S(=O)(=O)c1ccc2ccccc2c1. The molecule has 12 nitrogen and oxygen atoms in total. The first-order chi connectivity index (χ1) is 20.1. The Morgan fingerprint density at radius 1 is 0.976 bits per heavy atom. The van der Waals surface area contributed by atoms with Gasteiger partial charge in [-0.2, -0.15) is 0 Å².